The van der Waals surface area contributed by atoms with Crippen LogP contribution in [0.15, 0.2) is 36.8 Å². The van der Waals surface area contributed by atoms with E-state index < -0.39 is 0 Å². The number of rotatable bonds is 2. The molecule has 1 amide bonds. The fraction of sp³-hybridized carbons (Fsp3) is 0.263. The lowest BCUT2D eigenvalue weighted by Crippen LogP contribution is -2.41. The Balaban J connectivity index is 1.76. The van der Waals surface area contributed by atoms with Gasteiger partial charge in [-0.05, 0) is 18.2 Å². The van der Waals surface area contributed by atoms with Gasteiger partial charge in [0.15, 0.2) is 0 Å². The van der Waals surface area contributed by atoms with Crippen LogP contribution in [0, 0.1) is 11.3 Å². The summed E-state index contributed by atoms with van der Waals surface area (Å²) in [6.45, 7) is 2.34. The molecule has 0 aliphatic carbocycles. The number of aryl methyl sites for hydroxylation is 1. The quantitative estimate of drug-likeness (QED) is 0.708. The van der Waals surface area contributed by atoms with Gasteiger partial charge in [-0.15, -0.1) is 0 Å². The number of hydrogen-bond acceptors (Lipinski definition) is 5. The van der Waals surface area contributed by atoms with E-state index in [0.29, 0.717) is 48.8 Å². The molecule has 0 spiro atoms. The third kappa shape index (κ3) is 2.70. The molecule has 1 aliphatic heterocycles. The zero-order chi connectivity index (χ0) is 18.1. The maximum Gasteiger partial charge on any atom is 0.270 e. The summed E-state index contributed by atoms with van der Waals surface area (Å²) in [6.07, 6.45) is 4.95. The Morgan fingerprint density at radius 3 is 2.85 bits per heavy atom. The van der Waals surface area contributed by atoms with E-state index in [-0.39, 0.29) is 5.91 Å². The molecule has 4 rings (SSSR count). The molecule has 1 fully saturated rings. The Morgan fingerprint density at radius 1 is 1.27 bits per heavy atom. The molecule has 0 bridgehead atoms. The van der Waals surface area contributed by atoms with Crippen LogP contribution in [-0.2, 0) is 11.8 Å². The molecule has 0 atom stereocenters. The average molecular weight is 347 g/mol. The van der Waals surface area contributed by atoms with E-state index in [1.807, 2.05) is 23.7 Å². The van der Waals surface area contributed by atoms with Crippen LogP contribution in [0.4, 0.5) is 0 Å². The summed E-state index contributed by atoms with van der Waals surface area (Å²) in [6, 6.07) is 7.60. The number of hydrogen-bond donors (Lipinski definition) is 0. The molecule has 0 saturated carbocycles. The standard InChI is InChI=1S/C19H17N5O2/c1-23-17(19(25)24-4-6-26-7-5-24)9-14-8-16(22-12-18(14)23)15-11-21-3-2-13(15)10-20/h2-3,8-9,11-12H,4-7H2,1H3. The lowest BCUT2D eigenvalue weighted by molar-refractivity contribution is 0.0297. The van der Waals surface area contributed by atoms with Crippen LogP contribution in [0.3, 0.4) is 0 Å². The summed E-state index contributed by atoms with van der Waals surface area (Å²) < 4.78 is 7.18. The van der Waals surface area contributed by atoms with E-state index in [9.17, 15) is 10.1 Å². The van der Waals surface area contributed by atoms with Crippen molar-refractivity contribution in [3.63, 3.8) is 0 Å². The summed E-state index contributed by atoms with van der Waals surface area (Å²) in [5, 5.41) is 10.2. The molecule has 7 nitrogen and oxygen atoms in total. The Hall–Kier alpha value is -3.24. The molecule has 4 heterocycles. The van der Waals surface area contributed by atoms with E-state index in [2.05, 4.69) is 16.0 Å². The van der Waals surface area contributed by atoms with Gasteiger partial charge in [0.1, 0.15) is 5.69 Å². The predicted octanol–water partition coefficient (Wildman–Crippen LogP) is 1.98. The fourth-order valence-corrected chi connectivity index (χ4v) is 3.21. The number of carbonyl (C=O) groups excluding carboxylic acids is 1. The van der Waals surface area contributed by atoms with Crippen molar-refractivity contribution in [2.24, 2.45) is 7.05 Å². The molecule has 130 valence electrons. The summed E-state index contributed by atoms with van der Waals surface area (Å²) in [5.41, 5.74) is 3.35. The third-order valence-corrected chi connectivity index (χ3v) is 4.66. The lowest BCUT2D eigenvalue weighted by Gasteiger charge is -2.26. The second-order valence-electron chi connectivity index (χ2n) is 6.15. The van der Waals surface area contributed by atoms with Gasteiger partial charge in [-0.3, -0.25) is 14.8 Å². The summed E-state index contributed by atoms with van der Waals surface area (Å²) in [7, 11) is 1.86. The largest absolute Gasteiger partial charge is 0.378 e. The number of amides is 1. The van der Waals surface area contributed by atoms with Gasteiger partial charge in [-0.25, -0.2) is 0 Å². The van der Waals surface area contributed by atoms with Crippen molar-refractivity contribution < 1.29 is 9.53 Å². The number of fused-ring (bicyclic) bond motifs is 1. The molecule has 26 heavy (non-hydrogen) atoms. The lowest BCUT2D eigenvalue weighted by atomic mass is 10.1. The van der Waals surface area contributed by atoms with Crippen LogP contribution in [0.25, 0.3) is 22.2 Å². The first kappa shape index (κ1) is 16.2. The van der Waals surface area contributed by atoms with E-state index >= 15 is 0 Å². The summed E-state index contributed by atoms with van der Waals surface area (Å²) >= 11 is 0. The minimum Gasteiger partial charge on any atom is -0.378 e. The first-order valence-corrected chi connectivity index (χ1v) is 8.36. The molecule has 7 heteroatoms. The number of morpholine rings is 1. The van der Waals surface area contributed by atoms with Crippen LogP contribution in [-0.4, -0.2) is 51.6 Å². The Kier molecular flexibility index (Phi) is 4.11. The number of carbonyl (C=O) groups is 1. The molecule has 0 radical (unpaired) electrons. The molecule has 3 aromatic rings. The first-order valence-electron chi connectivity index (χ1n) is 8.36. The molecular weight excluding hydrogens is 330 g/mol. The number of pyridine rings is 2. The van der Waals surface area contributed by atoms with Gasteiger partial charge >= 0.3 is 0 Å². The van der Waals surface area contributed by atoms with E-state index in [0.717, 1.165) is 10.9 Å². The molecule has 0 aromatic carbocycles. The monoisotopic (exact) mass is 347 g/mol. The van der Waals surface area contributed by atoms with Crippen molar-refractivity contribution in [2.75, 3.05) is 26.3 Å². The number of ether oxygens (including phenoxy) is 1. The molecule has 0 N–H and O–H groups in total. The van der Waals surface area contributed by atoms with Gasteiger partial charge < -0.3 is 14.2 Å². The highest BCUT2D eigenvalue weighted by Crippen LogP contribution is 2.26. The van der Waals surface area contributed by atoms with Crippen molar-refractivity contribution in [2.45, 2.75) is 0 Å². The topological polar surface area (TPSA) is 84.0 Å². The molecular formula is C19H17N5O2. The highest BCUT2D eigenvalue weighted by atomic mass is 16.5. The van der Waals surface area contributed by atoms with E-state index in [4.69, 9.17) is 4.74 Å². The fourth-order valence-electron chi connectivity index (χ4n) is 3.21. The second kappa shape index (κ2) is 6.58. The zero-order valence-corrected chi connectivity index (χ0v) is 14.3. The SMILES string of the molecule is Cn1c(C(=O)N2CCOCC2)cc2cc(-c3cnccc3C#N)ncc21. The minimum atomic E-state index is -0.00681. The van der Waals surface area contributed by atoms with Crippen LogP contribution >= 0.6 is 0 Å². The van der Waals surface area contributed by atoms with Crippen molar-refractivity contribution in [3.05, 3.63) is 48.0 Å². The van der Waals surface area contributed by atoms with Gasteiger partial charge in [0.2, 0.25) is 0 Å². The van der Waals surface area contributed by atoms with Gasteiger partial charge in [-0.2, -0.15) is 5.26 Å². The molecule has 1 saturated heterocycles. The molecule has 3 aromatic heterocycles. The minimum absolute atomic E-state index is 0.00681. The first-order chi connectivity index (χ1) is 12.7. The van der Waals surface area contributed by atoms with E-state index in [1.54, 1.807) is 29.6 Å². The number of nitriles is 1. The smallest absolute Gasteiger partial charge is 0.270 e. The molecule has 1 aliphatic rings. The average Bonchev–Trinajstić information content (AvgIpc) is 3.04. The van der Waals surface area contributed by atoms with Crippen LogP contribution in [0.1, 0.15) is 16.1 Å². The van der Waals surface area contributed by atoms with Crippen molar-refractivity contribution in [1.29, 1.82) is 5.26 Å². The maximum atomic E-state index is 12.8. The van der Waals surface area contributed by atoms with E-state index in [1.165, 1.54) is 0 Å². The van der Waals surface area contributed by atoms with Crippen LogP contribution < -0.4 is 0 Å². The highest BCUT2D eigenvalue weighted by molar-refractivity contribution is 5.99. The summed E-state index contributed by atoms with van der Waals surface area (Å²) in [4.78, 5) is 23.2. The Bertz CT molecular complexity index is 1030. The maximum absolute atomic E-state index is 12.8. The molecule has 0 unspecified atom stereocenters. The Labute approximate surface area is 150 Å². The van der Waals surface area contributed by atoms with Gasteiger partial charge in [0.25, 0.3) is 5.91 Å². The van der Waals surface area contributed by atoms with Gasteiger partial charge in [0.05, 0.1) is 42.3 Å². The van der Waals surface area contributed by atoms with Crippen molar-refractivity contribution in [3.8, 4) is 17.3 Å². The normalized spacial score (nSPS) is 14.4. The van der Waals surface area contributed by atoms with Gasteiger partial charge in [-0.1, -0.05) is 0 Å². The van der Waals surface area contributed by atoms with Crippen LogP contribution in [0.5, 0.6) is 0 Å². The summed E-state index contributed by atoms with van der Waals surface area (Å²) in [5.74, 6) is -0.00681. The van der Waals surface area contributed by atoms with Crippen molar-refractivity contribution >= 4 is 16.8 Å². The zero-order valence-electron chi connectivity index (χ0n) is 14.3. The number of aromatic nitrogens is 3. The van der Waals surface area contributed by atoms with Gasteiger partial charge in [0, 0.05) is 43.5 Å². The second-order valence-corrected chi connectivity index (χ2v) is 6.15. The number of nitrogens with zero attached hydrogens (tertiary/aromatic N) is 5. The predicted molar refractivity (Wildman–Crippen MR) is 95.4 cm³/mol. The third-order valence-electron chi connectivity index (χ3n) is 4.66. The highest BCUT2D eigenvalue weighted by Gasteiger charge is 2.22. The van der Waals surface area contributed by atoms with Crippen LogP contribution in [0.2, 0.25) is 0 Å². The van der Waals surface area contributed by atoms with Crippen molar-refractivity contribution in [1.82, 2.24) is 19.4 Å². The Morgan fingerprint density at radius 2 is 2.08 bits per heavy atom.